The molecule has 1 atom stereocenters. The first-order valence-electron chi connectivity index (χ1n) is 7.92. The third-order valence-electron chi connectivity index (χ3n) is 3.67. The van der Waals surface area contributed by atoms with Crippen molar-refractivity contribution < 1.29 is 18.7 Å². The van der Waals surface area contributed by atoms with Gasteiger partial charge in [-0.15, -0.1) is 11.3 Å². The van der Waals surface area contributed by atoms with Crippen molar-refractivity contribution >= 4 is 33.2 Å². The van der Waals surface area contributed by atoms with Crippen LogP contribution in [0.5, 0.6) is 5.75 Å². The van der Waals surface area contributed by atoms with Crippen molar-refractivity contribution in [2.45, 2.75) is 13.0 Å². The standard InChI is InChI=1S/C19H14FN3O3S/c1-11(26-15-5-2-12(10-21)3-6-15)18(24)22-23-19(25)17-9-13-8-14(20)4-7-16(13)27-17/h2-9,11H,1H3,(H,22,24)(H,23,25). The Labute approximate surface area is 158 Å². The van der Waals surface area contributed by atoms with E-state index in [4.69, 9.17) is 10.00 Å². The molecule has 2 amide bonds. The fourth-order valence-corrected chi connectivity index (χ4v) is 3.21. The first kappa shape index (κ1) is 18.4. The molecule has 27 heavy (non-hydrogen) atoms. The molecule has 0 aliphatic carbocycles. The topological polar surface area (TPSA) is 91.2 Å². The molecule has 0 radical (unpaired) electrons. The molecule has 136 valence electrons. The van der Waals surface area contributed by atoms with Crippen LogP contribution in [0, 0.1) is 17.1 Å². The number of amides is 2. The van der Waals surface area contributed by atoms with Crippen LogP contribution in [-0.2, 0) is 4.79 Å². The number of hydrogen-bond acceptors (Lipinski definition) is 5. The van der Waals surface area contributed by atoms with Gasteiger partial charge in [-0.05, 0) is 60.8 Å². The van der Waals surface area contributed by atoms with Crippen molar-refractivity contribution in [1.82, 2.24) is 10.9 Å². The molecular formula is C19H14FN3O3S. The Balaban J connectivity index is 1.56. The van der Waals surface area contributed by atoms with E-state index in [0.717, 1.165) is 4.70 Å². The molecule has 0 spiro atoms. The number of benzene rings is 2. The second-order valence-electron chi connectivity index (χ2n) is 5.63. The number of carbonyl (C=O) groups is 2. The van der Waals surface area contributed by atoms with Gasteiger partial charge in [0, 0.05) is 4.70 Å². The van der Waals surface area contributed by atoms with E-state index in [2.05, 4.69) is 10.9 Å². The molecule has 8 heteroatoms. The lowest BCUT2D eigenvalue weighted by atomic mass is 10.2. The van der Waals surface area contributed by atoms with Gasteiger partial charge in [0.15, 0.2) is 6.10 Å². The van der Waals surface area contributed by atoms with E-state index < -0.39 is 17.9 Å². The van der Waals surface area contributed by atoms with E-state index in [1.54, 1.807) is 36.4 Å². The monoisotopic (exact) mass is 383 g/mol. The molecular weight excluding hydrogens is 369 g/mol. The third kappa shape index (κ3) is 4.40. The van der Waals surface area contributed by atoms with Crippen LogP contribution >= 0.6 is 11.3 Å². The highest BCUT2D eigenvalue weighted by molar-refractivity contribution is 7.20. The average molecular weight is 383 g/mol. The van der Waals surface area contributed by atoms with Crippen LogP contribution in [-0.4, -0.2) is 17.9 Å². The molecule has 2 aromatic carbocycles. The van der Waals surface area contributed by atoms with Gasteiger partial charge in [0.2, 0.25) is 0 Å². The van der Waals surface area contributed by atoms with Gasteiger partial charge in [-0.3, -0.25) is 20.4 Å². The normalized spacial score (nSPS) is 11.4. The number of hydrogen-bond donors (Lipinski definition) is 2. The number of rotatable bonds is 4. The van der Waals surface area contributed by atoms with Gasteiger partial charge in [0.25, 0.3) is 11.8 Å². The fraction of sp³-hybridized carbons (Fsp3) is 0.105. The Morgan fingerprint density at radius 2 is 1.89 bits per heavy atom. The van der Waals surface area contributed by atoms with Gasteiger partial charge in [0.1, 0.15) is 11.6 Å². The Hall–Kier alpha value is -3.44. The van der Waals surface area contributed by atoms with Crippen molar-refractivity contribution in [3.8, 4) is 11.8 Å². The van der Waals surface area contributed by atoms with Crippen LogP contribution in [0.15, 0.2) is 48.5 Å². The number of hydrazine groups is 1. The van der Waals surface area contributed by atoms with E-state index in [9.17, 15) is 14.0 Å². The lowest BCUT2D eigenvalue weighted by molar-refractivity contribution is -0.128. The van der Waals surface area contributed by atoms with Gasteiger partial charge in [-0.2, -0.15) is 5.26 Å². The molecule has 3 rings (SSSR count). The van der Waals surface area contributed by atoms with Crippen LogP contribution in [0.1, 0.15) is 22.2 Å². The summed E-state index contributed by atoms with van der Waals surface area (Å²) < 4.78 is 19.5. The zero-order valence-corrected chi connectivity index (χ0v) is 15.0. The Morgan fingerprint density at radius 1 is 1.15 bits per heavy atom. The zero-order valence-electron chi connectivity index (χ0n) is 14.2. The summed E-state index contributed by atoms with van der Waals surface area (Å²) >= 11 is 1.19. The van der Waals surface area contributed by atoms with E-state index in [-0.39, 0.29) is 5.82 Å². The van der Waals surface area contributed by atoms with E-state index in [0.29, 0.717) is 21.6 Å². The van der Waals surface area contributed by atoms with Crippen molar-refractivity contribution in [3.05, 3.63) is 64.8 Å². The van der Waals surface area contributed by atoms with E-state index in [1.165, 1.54) is 30.4 Å². The highest BCUT2D eigenvalue weighted by atomic mass is 32.1. The second-order valence-corrected chi connectivity index (χ2v) is 6.72. The molecule has 0 fully saturated rings. The smallest absolute Gasteiger partial charge is 0.279 e. The number of thiophene rings is 1. The third-order valence-corrected chi connectivity index (χ3v) is 4.78. The van der Waals surface area contributed by atoms with Crippen LogP contribution in [0.4, 0.5) is 4.39 Å². The number of fused-ring (bicyclic) bond motifs is 1. The molecule has 1 unspecified atom stereocenters. The van der Waals surface area contributed by atoms with Gasteiger partial charge >= 0.3 is 0 Å². The average Bonchev–Trinajstić information content (AvgIpc) is 3.09. The lowest BCUT2D eigenvalue weighted by Crippen LogP contribution is -2.47. The second kappa shape index (κ2) is 7.85. The summed E-state index contributed by atoms with van der Waals surface area (Å²) in [5.74, 6) is -1.00. The molecule has 3 aromatic rings. The summed E-state index contributed by atoms with van der Waals surface area (Å²) in [5.41, 5.74) is 5.09. The number of carbonyl (C=O) groups excluding carboxylic acids is 2. The number of nitriles is 1. The van der Waals surface area contributed by atoms with E-state index in [1.807, 2.05) is 6.07 Å². The predicted octanol–water partition coefficient (Wildman–Crippen LogP) is 3.14. The van der Waals surface area contributed by atoms with Gasteiger partial charge in [0.05, 0.1) is 16.5 Å². The molecule has 0 bridgehead atoms. The first-order valence-corrected chi connectivity index (χ1v) is 8.74. The van der Waals surface area contributed by atoms with Crippen LogP contribution in [0.2, 0.25) is 0 Å². The summed E-state index contributed by atoms with van der Waals surface area (Å²) in [6, 6.07) is 14.1. The van der Waals surface area contributed by atoms with Crippen molar-refractivity contribution in [1.29, 1.82) is 5.26 Å². The SMILES string of the molecule is CC(Oc1ccc(C#N)cc1)C(=O)NNC(=O)c1cc2cc(F)ccc2s1. The zero-order chi connectivity index (χ0) is 19.4. The minimum absolute atomic E-state index is 0.344. The molecule has 1 aromatic heterocycles. The largest absolute Gasteiger partial charge is 0.481 e. The Morgan fingerprint density at radius 3 is 2.59 bits per heavy atom. The number of ether oxygens (including phenoxy) is 1. The van der Waals surface area contributed by atoms with Crippen LogP contribution in [0.3, 0.4) is 0 Å². The molecule has 0 saturated heterocycles. The summed E-state index contributed by atoms with van der Waals surface area (Å²) in [4.78, 5) is 24.6. The minimum Gasteiger partial charge on any atom is -0.481 e. The molecule has 6 nitrogen and oxygen atoms in total. The highest BCUT2D eigenvalue weighted by Crippen LogP contribution is 2.26. The van der Waals surface area contributed by atoms with E-state index >= 15 is 0 Å². The molecule has 0 aliphatic heterocycles. The van der Waals surface area contributed by atoms with Gasteiger partial charge < -0.3 is 4.74 Å². The Bertz CT molecular complexity index is 1040. The minimum atomic E-state index is -0.866. The lowest BCUT2D eigenvalue weighted by Gasteiger charge is -2.14. The van der Waals surface area contributed by atoms with Crippen molar-refractivity contribution in [3.63, 3.8) is 0 Å². The summed E-state index contributed by atoms with van der Waals surface area (Å²) in [7, 11) is 0. The summed E-state index contributed by atoms with van der Waals surface area (Å²) in [5, 5.41) is 9.38. The molecule has 0 aliphatic rings. The quantitative estimate of drug-likeness (QED) is 0.677. The summed E-state index contributed by atoms with van der Waals surface area (Å²) in [6.45, 7) is 1.53. The molecule has 2 N–H and O–H groups in total. The number of halogens is 1. The molecule has 1 heterocycles. The fourth-order valence-electron chi connectivity index (χ4n) is 2.27. The maximum absolute atomic E-state index is 13.2. The summed E-state index contributed by atoms with van der Waals surface area (Å²) in [6.07, 6.45) is -0.866. The highest BCUT2D eigenvalue weighted by Gasteiger charge is 2.17. The van der Waals surface area contributed by atoms with Crippen LogP contribution < -0.4 is 15.6 Å². The number of nitrogens with one attached hydrogen (secondary N) is 2. The van der Waals surface area contributed by atoms with Crippen molar-refractivity contribution in [2.75, 3.05) is 0 Å². The van der Waals surface area contributed by atoms with Gasteiger partial charge in [-0.25, -0.2) is 4.39 Å². The number of nitrogens with zero attached hydrogens (tertiary/aromatic N) is 1. The van der Waals surface area contributed by atoms with Gasteiger partial charge in [-0.1, -0.05) is 0 Å². The first-order chi connectivity index (χ1) is 13.0. The maximum atomic E-state index is 13.2. The van der Waals surface area contributed by atoms with Crippen LogP contribution in [0.25, 0.3) is 10.1 Å². The Kier molecular flexibility index (Phi) is 5.33. The predicted molar refractivity (Wildman–Crippen MR) is 98.6 cm³/mol. The maximum Gasteiger partial charge on any atom is 0.279 e. The van der Waals surface area contributed by atoms with Crippen molar-refractivity contribution in [2.24, 2.45) is 0 Å². The molecule has 0 saturated carbocycles.